The molecule has 7 nitrogen and oxygen atoms in total. The summed E-state index contributed by atoms with van der Waals surface area (Å²) in [6.07, 6.45) is 6.68. The summed E-state index contributed by atoms with van der Waals surface area (Å²) in [7, 11) is 0. The third-order valence-corrected chi connectivity index (χ3v) is 3.20. The van der Waals surface area contributed by atoms with E-state index in [2.05, 4.69) is 34.1 Å². The summed E-state index contributed by atoms with van der Waals surface area (Å²) in [5, 5.41) is 8.29. The molecule has 0 aromatic carbocycles. The van der Waals surface area contributed by atoms with E-state index in [0.717, 1.165) is 11.1 Å². The maximum Gasteiger partial charge on any atom is 0.261 e. The minimum absolute atomic E-state index is 0.174. The minimum Gasteiger partial charge on any atom is -0.370 e. The molecule has 0 radical (unpaired) electrons. The maximum absolute atomic E-state index is 5.69. The summed E-state index contributed by atoms with van der Waals surface area (Å²) in [4.78, 5) is 8.55. The lowest BCUT2D eigenvalue weighted by atomic mass is 10.1. The lowest BCUT2D eigenvalue weighted by Gasteiger charge is -2.16. The van der Waals surface area contributed by atoms with Gasteiger partial charge in [0.25, 0.3) is 5.89 Å². The zero-order valence-corrected chi connectivity index (χ0v) is 12.2. The van der Waals surface area contributed by atoms with E-state index < -0.39 is 0 Å². The van der Waals surface area contributed by atoms with E-state index in [1.165, 1.54) is 0 Å². The summed E-state index contributed by atoms with van der Waals surface area (Å²) >= 11 is 0. The van der Waals surface area contributed by atoms with Gasteiger partial charge in [0.15, 0.2) is 0 Å². The molecule has 0 saturated heterocycles. The highest BCUT2D eigenvalue weighted by molar-refractivity contribution is 5.73. The van der Waals surface area contributed by atoms with Crippen molar-refractivity contribution in [2.75, 3.05) is 6.61 Å². The Morgan fingerprint density at radius 1 is 1.33 bits per heavy atom. The average Bonchev–Trinajstić information content (AvgIpc) is 3.10. The Kier molecular flexibility index (Phi) is 3.66. The second kappa shape index (κ2) is 5.61. The molecule has 0 aliphatic heterocycles. The molecule has 0 bridgehead atoms. The number of hydrogen-bond donors (Lipinski definition) is 0. The molecule has 0 fully saturated rings. The van der Waals surface area contributed by atoms with Crippen molar-refractivity contribution in [2.45, 2.75) is 26.9 Å². The lowest BCUT2D eigenvalue weighted by Crippen LogP contribution is -2.12. The second-order valence-electron chi connectivity index (χ2n) is 5.04. The van der Waals surface area contributed by atoms with Gasteiger partial charge in [-0.3, -0.25) is 4.98 Å². The molecule has 0 aliphatic carbocycles. The molecule has 21 heavy (non-hydrogen) atoms. The van der Waals surface area contributed by atoms with Crippen molar-refractivity contribution in [2.24, 2.45) is 5.92 Å². The van der Waals surface area contributed by atoms with E-state index in [1.54, 1.807) is 29.3 Å². The number of hydrogen-bond acceptors (Lipinski definition) is 6. The summed E-state index contributed by atoms with van der Waals surface area (Å²) < 4.78 is 12.8. The molecule has 0 spiro atoms. The molecule has 3 heterocycles. The first kappa shape index (κ1) is 13.7. The van der Waals surface area contributed by atoms with Crippen LogP contribution in [0.5, 0.6) is 0 Å². The SMILES string of the molecule is CCOC(c1noc(-c2cnn3ccncc23)n1)C(C)C. The predicted molar refractivity (Wildman–Crippen MR) is 75.5 cm³/mol. The van der Waals surface area contributed by atoms with Gasteiger partial charge in [0, 0.05) is 19.0 Å². The fraction of sp³-hybridized carbons (Fsp3) is 0.429. The summed E-state index contributed by atoms with van der Waals surface area (Å²) in [6, 6.07) is 0. The first-order valence-corrected chi connectivity index (χ1v) is 6.93. The average molecular weight is 287 g/mol. The van der Waals surface area contributed by atoms with Crippen LogP contribution in [-0.2, 0) is 4.74 Å². The normalized spacial score (nSPS) is 13.1. The van der Waals surface area contributed by atoms with Gasteiger partial charge in [-0.15, -0.1) is 0 Å². The Morgan fingerprint density at radius 2 is 2.19 bits per heavy atom. The highest BCUT2D eigenvalue weighted by Gasteiger charge is 2.23. The summed E-state index contributed by atoms with van der Waals surface area (Å²) in [5.74, 6) is 1.25. The van der Waals surface area contributed by atoms with Gasteiger partial charge in [0.2, 0.25) is 5.82 Å². The van der Waals surface area contributed by atoms with Gasteiger partial charge in [-0.25, -0.2) is 4.52 Å². The molecular formula is C14H17N5O2. The Morgan fingerprint density at radius 3 is 2.95 bits per heavy atom. The van der Waals surface area contributed by atoms with Crippen LogP contribution in [0.15, 0.2) is 29.3 Å². The minimum atomic E-state index is -0.174. The van der Waals surface area contributed by atoms with Crippen LogP contribution in [0.25, 0.3) is 17.0 Å². The lowest BCUT2D eigenvalue weighted by molar-refractivity contribution is 0.0217. The molecule has 0 N–H and O–H groups in total. The van der Waals surface area contributed by atoms with E-state index in [0.29, 0.717) is 18.3 Å². The van der Waals surface area contributed by atoms with Crippen LogP contribution in [-0.4, -0.2) is 31.3 Å². The van der Waals surface area contributed by atoms with Gasteiger partial charge in [-0.05, 0) is 12.8 Å². The number of aromatic nitrogens is 5. The highest BCUT2D eigenvalue weighted by Crippen LogP contribution is 2.27. The molecule has 110 valence electrons. The molecule has 3 aromatic rings. The molecule has 1 atom stereocenters. The smallest absolute Gasteiger partial charge is 0.261 e. The Bertz CT molecular complexity index is 734. The topological polar surface area (TPSA) is 78.3 Å². The number of ether oxygens (including phenoxy) is 1. The van der Waals surface area contributed by atoms with Gasteiger partial charge >= 0.3 is 0 Å². The first-order valence-electron chi connectivity index (χ1n) is 6.93. The van der Waals surface area contributed by atoms with Crippen molar-refractivity contribution < 1.29 is 9.26 Å². The van der Waals surface area contributed by atoms with Gasteiger partial charge < -0.3 is 9.26 Å². The quantitative estimate of drug-likeness (QED) is 0.717. The predicted octanol–water partition coefficient (Wildman–Crippen LogP) is 2.51. The van der Waals surface area contributed by atoms with Crippen molar-refractivity contribution in [1.29, 1.82) is 0 Å². The summed E-state index contributed by atoms with van der Waals surface area (Å²) in [6.45, 7) is 6.69. The molecule has 1 unspecified atom stereocenters. The standard InChI is InChI=1S/C14H17N5O2/c1-4-20-12(9(2)3)13-17-14(21-18-13)10-7-16-19-6-5-15-8-11(10)19/h5-9,12H,4H2,1-3H3. The molecule has 0 aliphatic rings. The van der Waals surface area contributed by atoms with Gasteiger partial charge in [0.1, 0.15) is 6.10 Å². The van der Waals surface area contributed by atoms with Crippen LogP contribution in [0.2, 0.25) is 0 Å². The molecular weight excluding hydrogens is 270 g/mol. The van der Waals surface area contributed by atoms with Crippen LogP contribution in [0, 0.1) is 5.92 Å². The van der Waals surface area contributed by atoms with Crippen molar-refractivity contribution in [3.8, 4) is 11.5 Å². The summed E-state index contributed by atoms with van der Waals surface area (Å²) in [5.41, 5.74) is 1.59. The van der Waals surface area contributed by atoms with E-state index in [-0.39, 0.29) is 12.0 Å². The van der Waals surface area contributed by atoms with Gasteiger partial charge in [-0.1, -0.05) is 19.0 Å². The van der Waals surface area contributed by atoms with Crippen molar-refractivity contribution >= 4 is 5.52 Å². The van der Waals surface area contributed by atoms with Crippen molar-refractivity contribution in [1.82, 2.24) is 24.7 Å². The van der Waals surface area contributed by atoms with E-state index in [1.807, 2.05) is 6.92 Å². The zero-order chi connectivity index (χ0) is 14.8. The third-order valence-electron chi connectivity index (χ3n) is 3.20. The fourth-order valence-corrected chi connectivity index (χ4v) is 2.20. The van der Waals surface area contributed by atoms with Crippen LogP contribution < -0.4 is 0 Å². The van der Waals surface area contributed by atoms with Crippen molar-refractivity contribution in [3.05, 3.63) is 30.6 Å². The largest absolute Gasteiger partial charge is 0.370 e. The molecule has 3 aromatic heterocycles. The zero-order valence-electron chi connectivity index (χ0n) is 12.2. The Labute approximate surface area is 122 Å². The van der Waals surface area contributed by atoms with E-state index >= 15 is 0 Å². The van der Waals surface area contributed by atoms with Crippen LogP contribution >= 0.6 is 0 Å². The van der Waals surface area contributed by atoms with Gasteiger partial charge in [0.05, 0.1) is 23.5 Å². The number of nitrogens with zero attached hydrogens (tertiary/aromatic N) is 5. The first-order chi connectivity index (χ1) is 10.2. The fourth-order valence-electron chi connectivity index (χ4n) is 2.20. The number of fused-ring (bicyclic) bond motifs is 1. The van der Waals surface area contributed by atoms with Crippen LogP contribution in [0.1, 0.15) is 32.7 Å². The van der Waals surface area contributed by atoms with E-state index in [4.69, 9.17) is 9.26 Å². The Balaban J connectivity index is 1.98. The highest BCUT2D eigenvalue weighted by atomic mass is 16.5. The maximum atomic E-state index is 5.69. The monoisotopic (exact) mass is 287 g/mol. The Hall–Kier alpha value is -2.28. The number of rotatable bonds is 5. The second-order valence-corrected chi connectivity index (χ2v) is 5.04. The van der Waals surface area contributed by atoms with Crippen molar-refractivity contribution in [3.63, 3.8) is 0 Å². The molecule has 3 rings (SSSR count). The van der Waals surface area contributed by atoms with Crippen LogP contribution in [0.3, 0.4) is 0 Å². The molecule has 0 saturated carbocycles. The van der Waals surface area contributed by atoms with Crippen LogP contribution in [0.4, 0.5) is 0 Å². The molecule has 7 heteroatoms. The molecule has 0 amide bonds. The van der Waals surface area contributed by atoms with E-state index in [9.17, 15) is 0 Å². The third kappa shape index (κ3) is 2.52. The van der Waals surface area contributed by atoms with Gasteiger partial charge in [-0.2, -0.15) is 10.1 Å².